The normalized spacial score (nSPS) is 12.8. The fraction of sp³-hybridized carbons (Fsp3) is 0.333. The summed E-state index contributed by atoms with van der Waals surface area (Å²) in [5.74, 6) is 0.146. The molecule has 0 aliphatic heterocycles. The number of aliphatic hydroxyl groups is 1. The molecular formula is C9H12BrNO2. The molecule has 0 bridgehead atoms. The minimum Gasteiger partial charge on any atom is -0.507 e. The molecule has 0 heterocycles. The van der Waals surface area contributed by atoms with E-state index >= 15 is 0 Å². The highest BCUT2D eigenvalue weighted by Crippen LogP contribution is 2.30. The highest BCUT2D eigenvalue weighted by atomic mass is 79.9. The van der Waals surface area contributed by atoms with Crippen LogP contribution in [0.4, 0.5) is 0 Å². The third-order valence-corrected chi connectivity index (χ3v) is 2.63. The summed E-state index contributed by atoms with van der Waals surface area (Å²) in [5.41, 5.74) is 0.689. The van der Waals surface area contributed by atoms with Gasteiger partial charge >= 0.3 is 0 Å². The Kier molecular flexibility index (Phi) is 3.71. The fourth-order valence-corrected chi connectivity index (χ4v) is 1.63. The van der Waals surface area contributed by atoms with Gasteiger partial charge in [0.2, 0.25) is 0 Å². The average Bonchev–Trinajstić information content (AvgIpc) is 2.10. The van der Waals surface area contributed by atoms with Crippen molar-refractivity contribution in [3.63, 3.8) is 0 Å². The van der Waals surface area contributed by atoms with Crippen molar-refractivity contribution in [3.8, 4) is 5.75 Å². The smallest absolute Gasteiger partial charge is 0.130 e. The molecule has 0 saturated carbocycles. The van der Waals surface area contributed by atoms with Crippen LogP contribution >= 0.6 is 15.9 Å². The summed E-state index contributed by atoms with van der Waals surface area (Å²) in [6.45, 7) is 0.460. The lowest BCUT2D eigenvalue weighted by Gasteiger charge is -2.12. The van der Waals surface area contributed by atoms with Crippen LogP contribution in [0.5, 0.6) is 5.75 Å². The van der Waals surface area contributed by atoms with Crippen LogP contribution in [0.1, 0.15) is 11.7 Å². The van der Waals surface area contributed by atoms with E-state index in [1.54, 1.807) is 25.2 Å². The second kappa shape index (κ2) is 4.60. The van der Waals surface area contributed by atoms with Crippen molar-refractivity contribution in [3.05, 3.63) is 28.2 Å². The minimum atomic E-state index is -0.605. The fourth-order valence-electron chi connectivity index (χ4n) is 1.10. The van der Waals surface area contributed by atoms with Gasteiger partial charge in [0.15, 0.2) is 0 Å². The van der Waals surface area contributed by atoms with Crippen LogP contribution in [0.3, 0.4) is 0 Å². The molecule has 0 aliphatic carbocycles. The molecular weight excluding hydrogens is 234 g/mol. The van der Waals surface area contributed by atoms with E-state index < -0.39 is 6.10 Å². The Morgan fingerprint density at radius 1 is 1.54 bits per heavy atom. The van der Waals surface area contributed by atoms with Gasteiger partial charge in [0.25, 0.3) is 0 Å². The number of rotatable bonds is 3. The van der Waals surface area contributed by atoms with Crippen LogP contribution in [0, 0.1) is 0 Å². The monoisotopic (exact) mass is 245 g/mol. The molecule has 0 radical (unpaired) electrons. The summed E-state index contributed by atoms with van der Waals surface area (Å²) in [6, 6.07) is 5.04. The highest BCUT2D eigenvalue weighted by molar-refractivity contribution is 9.10. The molecule has 1 rings (SSSR count). The van der Waals surface area contributed by atoms with Crippen LogP contribution in [0.25, 0.3) is 0 Å². The molecule has 1 atom stereocenters. The lowest BCUT2D eigenvalue weighted by Crippen LogP contribution is -2.16. The van der Waals surface area contributed by atoms with Crippen LogP contribution in [0.15, 0.2) is 22.7 Å². The van der Waals surface area contributed by atoms with Gasteiger partial charge in [-0.25, -0.2) is 0 Å². The summed E-state index contributed by atoms with van der Waals surface area (Å²) in [4.78, 5) is 0. The SMILES string of the molecule is CNCC(O)c1cccc(O)c1Br. The van der Waals surface area contributed by atoms with E-state index in [9.17, 15) is 10.2 Å². The third kappa shape index (κ3) is 2.43. The minimum absolute atomic E-state index is 0.146. The number of phenolic OH excluding ortho intramolecular Hbond substituents is 1. The van der Waals surface area contributed by atoms with Gasteiger partial charge in [-0.15, -0.1) is 0 Å². The molecule has 13 heavy (non-hydrogen) atoms. The molecule has 3 nitrogen and oxygen atoms in total. The number of phenols is 1. The quantitative estimate of drug-likeness (QED) is 0.755. The highest BCUT2D eigenvalue weighted by Gasteiger charge is 2.12. The maximum Gasteiger partial charge on any atom is 0.130 e. The zero-order chi connectivity index (χ0) is 9.84. The van der Waals surface area contributed by atoms with Gasteiger partial charge in [0, 0.05) is 6.54 Å². The maximum absolute atomic E-state index is 9.62. The van der Waals surface area contributed by atoms with E-state index in [1.165, 1.54) is 0 Å². The lowest BCUT2D eigenvalue weighted by atomic mass is 10.1. The standard InChI is InChI=1S/C9H12BrNO2/c1-11-5-8(13)6-3-2-4-7(12)9(6)10/h2-4,8,11-13H,5H2,1H3. The number of aliphatic hydroxyl groups excluding tert-OH is 1. The third-order valence-electron chi connectivity index (χ3n) is 1.76. The van der Waals surface area contributed by atoms with Crippen molar-refractivity contribution in [2.45, 2.75) is 6.10 Å². The summed E-state index contributed by atoms with van der Waals surface area (Å²) in [5, 5.41) is 21.8. The van der Waals surface area contributed by atoms with Gasteiger partial charge in [-0.2, -0.15) is 0 Å². The van der Waals surface area contributed by atoms with Gasteiger partial charge in [-0.05, 0) is 34.6 Å². The average molecular weight is 246 g/mol. The predicted octanol–water partition coefficient (Wildman–Crippen LogP) is 1.41. The molecule has 0 fully saturated rings. The van der Waals surface area contributed by atoms with Crippen LogP contribution in [-0.2, 0) is 0 Å². The van der Waals surface area contributed by atoms with Gasteiger partial charge < -0.3 is 15.5 Å². The molecule has 1 unspecified atom stereocenters. The van der Waals surface area contributed by atoms with Crippen molar-refractivity contribution in [2.24, 2.45) is 0 Å². The van der Waals surface area contributed by atoms with Gasteiger partial charge in [0.1, 0.15) is 5.75 Å². The van der Waals surface area contributed by atoms with E-state index in [2.05, 4.69) is 21.2 Å². The van der Waals surface area contributed by atoms with Crippen molar-refractivity contribution in [1.82, 2.24) is 5.32 Å². The number of hydrogen-bond donors (Lipinski definition) is 3. The van der Waals surface area contributed by atoms with Crippen molar-refractivity contribution in [1.29, 1.82) is 0 Å². The number of likely N-dealkylation sites (N-methyl/N-ethyl adjacent to an activating group) is 1. The molecule has 1 aromatic carbocycles. The first-order chi connectivity index (χ1) is 6.16. The van der Waals surface area contributed by atoms with Crippen LogP contribution < -0.4 is 5.32 Å². The van der Waals surface area contributed by atoms with E-state index in [0.29, 0.717) is 16.6 Å². The molecule has 0 saturated heterocycles. The van der Waals surface area contributed by atoms with E-state index in [0.717, 1.165) is 0 Å². The van der Waals surface area contributed by atoms with Crippen molar-refractivity contribution >= 4 is 15.9 Å². The Balaban J connectivity index is 2.93. The number of nitrogens with one attached hydrogen (secondary N) is 1. The van der Waals surface area contributed by atoms with Crippen molar-refractivity contribution < 1.29 is 10.2 Å². The molecule has 0 aliphatic rings. The second-order valence-electron chi connectivity index (χ2n) is 2.75. The molecule has 0 amide bonds. The zero-order valence-electron chi connectivity index (χ0n) is 7.29. The first-order valence-electron chi connectivity index (χ1n) is 3.97. The van der Waals surface area contributed by atoms with Crippen molar-refractivity contribution in [2.75, 3.05) is 13.6 Å². The second-order valence-corrected chi connectivity index (χ2v) is 3.55. The van der Waals surface area contributed by atoms with E-state index in [1.807, 2.05) is 0 Å². The summed E-state index contributed by atoms with van der Waals surface area (Å²) < 4.78 is 0.553. The van der Waals surface area contributed by atoms with E-state index in [4.69, 9.17) is 0 Å². The Bertz CT molecular complexity index is 291. The molecule has 3 N–H and O–H groups in total. The molecule has 1 aromatic rings. The summed E-state index contributed by atoms with van der Waals surface area (Å²) in [6.07, 6.45) is -0.605. The predicted molar refractivity (Wildman–Crippen MR) is 54.7 cm³/mol. The number of halogens is 1. The summed E-state index contributed by atoms with van der Waals surface area (Å²) in [7, 11) is 1.76. The lowest BCUT2D eigenvalue weighted by molar-refractivity contribution is 0.176. The topological polar surface area (TPSA) is 52.5 Å². The molecule has 72 valence electrons. The maximum atomic E-state index is 9.62. The van der Waals surface area contributed by atoms with Gasteiger partial charge in [0.05, 0.1) is 10.6 Å². The number of benzene rings is 1. The molecule has 0 aromatic heterocycles. The first-order valence-corrected chi connectivity index (χ1v) is 4.76. The number of hydrogen-bond acceptors (Lipinski definition) is 3. The largest absolute Gasteiger partial charge is 0.507 e. The van der Waals surface area contributed by atoms with Gasteiger partial charge in [-0.3, -0.25) is 0 Å². The Labute approximate surface area is 85.5 Å². The molecule has 0 spiro atoms. The number of aromatic hydroxyl groups is 1. The summed E-state index contributed by atoms with van der Waals surface area (Å²) >= 11 is 3.21. The Hall–Kier alpha value is -0.580. The van der Waals surface area contributed by atoms with E-state index in [-0.39, 0.29) is 5.75 Å². The Morgan fingerprint density at radius 2 is 2.23 bits per heavy atom. The van der Waals surface area contributed by atoms with Crippen LogP contribution in [0.2, 0.25) is 0 Å². The van der Waals surface area contributed by atoms with Gasteiger partial charge in [-0.1, -0.05) is 12.1 Å². The zero-order valence-corrected chi connectivity index (χ0v) is 8.87. The molecule has 4 heteroatoms. The van der Waals surface area contributed by atoms with Crippen LogP contribution in [-0.4, -0.2) is 23.8 Å². The Morgan fingerprint density at radius 3 is 2.85 bits per heavy atom. The first kappa shape index (κ1) is 10.5.